The van der Waals surface area contributed by atoms with Crippen LogP contribution in [-0.4, -0.2) is 19.5 Å². The quantitative estimate of drug-likeness (QED) is 0.167. The van der Waals surface area contributed by atoms with Gasteiger partial charge in [-0.25, -0.2) is 15.0 Å². The van der Waals surface area contributed by atoms with Crippen LogP contribution >= 0.6 is 0 Å². The number of rotatable bonds is 6. The molecule has 0 spiro atoms. The molecular weight excluding hydrogens is 825 g/mol. The van der Waals surface area contributed by atoms with E-state index in [1.54, 1.807) is 0 Å². The number of hydrogen-bond acceptors (Lipinski definition) is 3. The van der Waals surface area contributed by atoms with Crippen LogP contribution in [0.3, 0.4) is 0 Å². The molecule has 13 rings (SSSR count). The normalized spacial score (nSPS) is 15.3. The topological polar surface area (TPSA) is 43.6 Å². The molecule has 0 bridgehead atoms. The fraction of sp³-hybridized carbons (Fsp3) is 0.141. The van der Waals surface area contributed by atoms with E-state index < -0.39 is 5.41 Å². The van der Waals surface area contributed by atoms with Crippen LogP contribution in [0.1, 0.15) is 73.9 Å². The second-order valence-corrected chi connectivity index (χ2v) is 20.2. The minimum Gasteiger partial charge on any atom is -0.309 e. The molecule has 326 valence electrons. The van der Waals surface area contributed by atoms with Crippen LogP contribution in [0.2, 0.25) is 0 Å². The third-order valence-corrected chi connectivity index (χ3v) is 15.4. The lowest BCUT2D eigenvalue weighted by Crippen LogP contribution is -2.33. The molecule has 4 heteroatoms. The summed E-state index contributed by atoms with van der Waals surface area (Å²) in [5, 5.41) is 5.15. The first kappa shape index (κ1) is 40.3. The molecule has 0 atom stereocenters. The standard InChI is InChI=1S/C64H50N4/c1-62(2)36-37-63(3,4)55-40-57-51(39-54(55)62)58-48-25-15-14-18-41(48)31-35-56(58)68(57)47-32-28-43(29-33-47)60-65-59(42-19-8-5-9-20-42)66-61(67-60)44-30-34-50-49-26-16-17-27-52(49)64(53(50)38-44,45-21-10-6-11-22-45)46-23-12-7-13-24-46/h5-35,38-40H,36-37H2,1-4H3. The maximum absolute atomic E-state index is 5.34. The third-order valence-electron chi connectivity index (χ3n) is 15.4. The lowest BCUT2D eigenvalue weighted by Gasteiger charge is -2.42. The zero-order valence-electron chi connectivity index (χ0n) is 38.8. The highest BCUT2D eigenvalue weighted by Crippen LogP contribution is 2.57. The van der Waals surface area contributed by atoms with Crippen molar-refractivity contribution in [3.8, 4) is 51.0 Å². The minimum absolute atomic E-state index is 0.0759. The Morgan fingerprint density at radius 3 is 1.59 bits per heavy atom. The van der Waals surface area contributed by atoms with Gasteiger partial charge in [0.15, 0.2) is 17.5 Å². The smallest absolute Gasteiger partial charge is 0.164 e. The van der Waals surface area contributed by atoms with E-state index in [0.717, 1.165) is 28.8 Å². The molecule has 2 aliphatic rings. The Hall–Kier alpha value is -7.95. The predicted molar refractivity (Wildman–Crippen MR) is 281 cm³/mol. The van der Waals surface area contributed by atoms with Gasteiger partial charge in [-0.3, -0.25) is 0 Å². The van der Waals surface area contributed by atoms with Crippen molar-refractivity contribution in [2.75, 3.05) is 0 Å². The van der Waals surface area contributed by atoms with Crippen LogP contribution in [0.4, 0.5) is 0 Å². The summed E-state index contributed by atoms with van der Waals surface area (Å²) >= 11 is 0. The molecule has 0 saturated carbocycles. The van der Waals surface area contributed by atoms with Gasteiger partial charge in [-0.1, -0.05) is 185 Å². The number of nitrogens with zero attached hydrogens (tertiary/aromatic N) is 4. The summed E-state index contributed by atoms with van der Waals surface area (Å²) in [5.74, 6) is 1.91. The minimum atomic E-state index is -0.539. The van der Waals surface area contributed by atoms with E-state index in [9.17, 15) is 0 Å². The van der Waals surface area contributed by atoms with Crippen molar-refractivity contribution in [1.29, 1.82) is 0 Å². The van der Waals surface area contributed by atoms with E-state index in [2.05, 4.69) is 220 Å². The van der Waals surface area contributed by atoms with E-state index >= 15 is 0 Å². The first-order chi connectivity index (χ1) is 33.2. The second kappa shape index (κ2) is 15.0. The molecule has 4 nitrogen and oxygen atoms in total. The van der Waals surface area contributed by atoms with Crippen LogP contribution in [-0.2, 0) is 16.2 Å². The summed E-state index contributed by atoms with van der Waals surface area (Å²) in [7, 11) is 0. The first-order valence-corrected chi connectivity index (χ1v) is 24.0. The average Bonchev–Trinajstić information content (AvgIpc) is 3.88. The van der Waals surface area contributed by atoms with Crippen LogP contribution in [0, 0.1) is 0 Å². The molecule has 2 heterocycles. The molecule has 68 heavy (non-hydrogen) atoms. The van der Waals surface area contributed by atoms with Crippen molar-refractivity contribution < 1.29 is 0 Å². The zero-order chi connectivity index (χ0) is 45.8. The van der Waals surface area contributed by atoms with Crippen molar-refractivity contribution in [1.82, 2.24) is 19.5 Å². The lowest BCUT2D eigenvalue weighted by atomic mass is 9.63. The number of benzene rings is 9. The van der Waals surface area contributed by atoms with Crippen LogP contribution in [0.15, 0.2) is 206 Å². The second-order valence-electron chi connectivity index (χ2n) is 20.2. The molecule has 9 aromatic carbocycles. The Kier molecular flexibility index (Phi) is 8.92. The van der Waals surface area contributed by atoms with E-state index in [1.165, 1.54) is 83.5 Å². The van der Waals surface area contributed by atoms with E-state index in [4.69, 9.17) is 15.0 Å². The van der Waals surface area contributed by atoms with Gasteiger partial charge in [0, 0.05) is 33.2 Å². The highest BCUT2D eigenvalue weighted by atomic mass is 15.0. The summed E-state index contributed by atoms with van der Waals surface area (Å²) in [6, 6.07) is 75.1. The largest absolute Gasteiger partial charge is 0.309 e. The molecule has 2 aromatic heterocycles. The van der Waals surface area contributed by atoms with Gasteiger partial charge >= 0.3 is 0 Å². The molecule has 0 unspecified atom stereocenters. The summed E-state index contributed by atoms with van der Waals surface area (Å²) < 4.78 is 2.47. The number of hydrogen-bond donors (Lipinski definition) is 0. The van der Waals surface area contributed by atoms with Gasteiger partial charge in [-0.15, -0.1) is 0 Å². The molecule has 0 fully saturated rings. The van der Waals surface area contributed by atoms with Gasteiger partial charge in [0.25, 0.3) is 0 Å². The Balaban J connectivity index is 0.989. The summed E-state index contributed by atoms with van der Waals surface area (Å²) in [6.45, 7) is 9.68. The van der Waals surface area contributed by atoms with Crippen LogP contribution in [0.5, 0.6) is 0 Å². The number of aromatic nitrogens is 4. The summed E-state index contributed by atoms with van der Waals surface area (Å²) in [4.78, 5) is 15.8. The monoisotopic (exact) mass is 874 g/mol. The number of fused-ring (bicyclic) bond motifs is 9. The van der Waals surface area contributed by atoms with Crippen molar-refractivity contribution in [3.63, 3.8) is 0 Å². The van der Waals surface area contributed by atoms with E-state index in [-0.39, 0.29) is 10.8 Å². The van der Waals surface area contributed by atoms with Gasteiger partial charge < -0.3 is 4.57 Å². The Morgan fingerprint density at radius 2 is 0.912 bits per heavy atom. The summed E-state index contributed by atoms with van der Waals surface area (Å²) in [5.41, 5.74) is 16.3. The highest BCUT2D eigenvalue weighted by Gasteiger charge is 2.46. The van der Waals surface area contributed by atoms with Crippen molar-refractivity contribution in [2.45, 2.75) is 56.8 Å². The average molecular weight is 875 g/mol. The lowest BCUT2D eigenvalue weighted by molar-refractivity contribution is 0.332. The first-order valence-electron chi connectivity index (χ1n) is 24.0. The molecule has 0 radical (unpaired) electrons. The fourth-order valence-electron chi connectivity index (χ4n) is 11.8. The fourth-order valence-corrected chi connectivity index (χ4v) is 11.8. The van der Waals surface area contributed by atoms with Gasteiger partial charge in [0.2, 0.25) is 0 Å². The van der Waals surface area contributed by atoms with Crippen LogP contribution in [0.25, 0.3) is 83.6 Å². The highest BCUT2D eigenvalue weighted by molar-refractivity contribution is 6.21. The molecule has 0 N–H and O–H groups in total. The molecule has 0 saturated heterocycles. The SMILES string of the molecule is CC1(C)CCC(C)(C)c2cc3c(cc21)c1c2ccccc2ccc1n3-c1ccc(-c2nc(-c3ccccc3)nc(-c3ccc4c(c3)C(c3ccccc3)(c3ccccc3)c3ccccc3-4)n2)cc1. The predicted octanol–water partition coefficient (Wildman–Crippen LogP) is 15.8. The maximum Gasteiger partial charge on any atom is 0.164 e. The van der Waals surface area contributed by atoms with Gasteiger partial charge in [-0.05, 0) is 127 Å². The third kappa shape index (κ3) is 6.03. The van der Waals surface area contributed by atoms with Gasteiger partial charge in [-0.2, -0.15) is 0 Å². The Labute approximate surface area is 397 Å². The molecule has 0 amide bonds. The Bertz CT molecular complexity index is 3730. The van der Waals surface area contributed by atoms with Crippen molar-refractivity contribution in [3.05, 3.63) is 240 Å². The van der Waals surface area contributed by atoms with E-state index in [1.807, 2.05) is 18.2 Å². The maximum atomic E-state index is 5.34. The molecule has 11 aromatic rings. The molecule has 0 aliphatic heterocycles. The van der Waals surface area contributed by atoms with Gasteiger partial charge in [0.05, 0.1) is 16.4 Å². The van der Waals surface area contributed by atoms with Gasteiger partial charge in [0.1, 0.15) is 0 Å². The molecular formula is C64H50N4. The molecule has 2 aliphatic carbocycles. The van der Waals surface area contributed by atoms with Crippen molar-refractivity contribution >= 4 is 32.6 Å². The van der Waals surface area contributed by atoms with E-state index in [0.29, 0.717) is 17.5 Å². The van der Waals surface area contributed by atoms with Crippen LogP contribution < -0.4 is 0 Å². The summed E-state index contributed by atoms with van der Waals surface area (Å²) in [6.07, 6.45) is 2.34. The zero-order valence-corrected chi connectivity index (χ0v) is 38.8. The Morgan fingerprint density at radius 1 is 0.382 bits per heavy atom. The van der Waals surface area contributed by atoms with Crippen molar-refractivity contribution in [2.24, 2.45) is 0 Å².